The summed E-state index contributed by atoms with van der Waals surface area (Å²) in [7, 11) is 0. The molecule has 1 aromatic rings. The maximum Gasteiger partial charge on any atom is 0.133 e. The average molecular weight is 278 g/mol. The zero-order valence-electron chi connectivity index (χ0n) is 11.5. The topological polar surface area (TPSA) is 41.0 Å². The van der Waals surface area contributed by atoms with E-state index in [9.17, 15) is 0 Å². The van der Waals surface area contributed by atoms with Gasteiger partial charge in [-0.3, -0.25) is 0 Å². The fourth-order valence-corrected chi connectivity index (χ4v) is 2.98. The fourth-order valence-electron chi connectivity index (χ4n) is 2.60. The van der Waals surface area contributed by atoms with Crippen LogP contribution in [-0.4, -0.2) is 41.9 Å². The molecule has 1 saturated carbocycles. The van der Waals surface area contributed by atoms with Crippen molar-refractivity contribution in [2.45, 2.75) is 36.8 Å². The molecule has 3 rings (SSSR count). The lowest BCUT2D eigenvalue weighted by Crippen LogP contribution is -2.38. The molecule has 2 fully saturated rings. The van der Waals surface area contributed by atoms with Crippen LogP contribution in [-0.2, 0) is 0 Å². The summed E-state index contributed by atoms with van der Waals surface area (Å²) in [4.78, 5) is 11.0. The van der Waals surface area contributed by atoms with E-state index in [-0.39, 0.29) is 0 Å². The van der Waals surface area contributed by atoms with Crippen LogP contribution < -0.4 is 10.2 Å². The van der Waals surface area contributed by atoms with Crippen LogP contribution in [0.3, 0.4) is 0 Å². The normalized spacial score (nSPS) is 20.8. The highest BCUT2D eigenvalue weighted by molar-refractivity contribution is 7.98. The number of piperidine rings is 1. The molecule has 2 heterocycles. The third-order valence-electron chi connectivity index (χ3n) is 4.05. The molecule has 1 aliphatic heterocycles. The van der Waals surface area contributed by atoms with Gasteiger partial charge in [0.1, 0.15) is 17.2 Å². The molecule has 4 nitrogen and oxygen atoms in total. The Labute approximate surface area is 119 Å². The van der Waals surface area contributed by atoms with Crippen molar-refractivity contribution in [2.75, 3.05) is 30.8 Å². The third kappa shape index (κ3) is 3.60. The van der Waals surface area contributed by atoms with Crippen LogP contribution in [0.2, 0.25) is 0 Å². The Hall–Kier alpha value is -0.810. The van der Waals surface area contributed by atoms with Gasteiger partial charge in [-0.15, -0.1) is 11.8 Å². The molecule has 2 aliphatic rings. The van der Waals surface area contributed by atoms with Crippen molar-refractivity contribution < 1.29 is 0 Å². The van der Waals surface area contributed by atoms with Crippen molar-refractivity contribution in [1.82, 2.24) is 15.3 Å². The van der Waals surface area contributed by atoms with Gasteiger partial charge in [-0.25, -0.2) is 9.97 Å². The molecule has 1 aliphatic carbocycles. The average Bonchev–Trinajstić information content (AvgIpc) is 3.30. The molecule has 19 heavy (non-hydrogen) atoms. The first-order valence-electron chi connectivity index (χ1n) is 7.19. The maximum atomic E-state index is 4.41. The van der Waals surface area contributed by atoms with Crippen molar-refractivity contribution in [3.8, 4) is 0 Å². The molecule has 1 aromatic heterocycles. The van der Waals surface area contributed by atoms with Crippen LogP contribution in [0.1, 0.15) is 25.7 Å². The number of aromatic nitrogens is 2. The van der Waals surface area contributed by atoms with Crippen molar-refractivity contribution >= 4 is 17.6 Å². The molecule has 0 atom stereocenters. The van der Waals surface area contributed by atoms with Gasteiger partial charge in [0.25, 0.3) is 0 Å². The highest BCUT2D eigenvalue weighted by Crippen LogP contribution is 2.25. The predicted octanol–water partition coefficient (Wildman–Crippen LogP) is 2.17. The minimum absolute atomic E-state index is 0.837. The first-order chi connectivity index (χ1) is 9.35. The molecule has 0 aromatic carbocycles. The van der Waals surface area contributed by atoms with Crippen molar-refractivity contribution in [2.24, 2.45) is 5.92 Å². The molecule has 0 amide bonds. The van der Waals surface area contributed by atoms with Gasteiger partial charge in [-0.1, -0.05) is 0 Å². The smallest absolute Gasteiger partial charge is 0.133 e. The van der Waals surface area contributed by atoms with Gasteiger partial charge in [0.2, 0.25) is 0 Å². The summed E-state index contributed by atoms with van der Waals surface area (Å²) < 4.78 is 0. The monoisotopic (exact) mass is 278 g/mol. The first-order valence-corrected chi connectivity index (χ1v) is 8.42. The van der Waals surface area contributed by atoms with E-state index >= 15 is 0 Å². The van der Waals surface area contributed by atoms with Crippen LogP contribution in [0.5, 0.6) is 0 Å². The lowest BCUT2D eigenvalue weighted by Gasteiger charge is -2.33. The Bertz CT molecular complexity index is 414. The van der Waals surface area contributed by atoms with Gasteiger partial charge in [-0.2, -0.15) is 0 Å². The van der Waals surface area contributed by atoms with Gasteiger partial charge < -0.3 is 10.2 Å². The Morgan fingerprint density at radius 1 is 1.26 bits per heavy atom. The second-order valence-electron chi connectivity index (χ2n) is 5.53. The molecule has 0 radical (unpaired) electrons. The second kappa shape index (κ2) is 6.09. The van der Waals surface area contributed by atoms with Crippen LogP contribution in [0.4, 0.5) is 5.82 Å². The molecule has 1 saturated heterocycles. The highest BCUT2D eigenvalue weighted by Gasteiger charge is 2.24. The quantitative estimate of drug-likeness (QED) is 0.660. The highest BCUT2D eigenvalue weighted by atomic mass is 32.2. The largest absolute Gasteiger partial charge is 0.356 e. The number of anilines is 1. The fraction of sp³-hybridized carbons (Fsp3) is 0.714. The summed E-state index contributed by atoms with van der Waals surface area (Å²) in [5, 5.41) is 4.71. The standard InChI is InChI=1S/C14H22N4S/c1-19-14-8-13(16-10-17-14)18-6-4-11(5-7-18)9-15-12-2-3-12/h8,10-12,15H,2-7,9H2,1H3. The Morgan fingerprint density at radius 2 is 2.05 bits per heavy atom. The van der Waals surface area contributed by atoms with E-state index in [4.69, 9.17) is 0 Å². The number of nitrogens with zero attached hydrogens (tertiary/aromatic N) is 3. The van der Waals surface area contributed by atoms with E-state index in [0.717, 1.165) is 35.9 Å². The van der Waals surface area contributed by atoms with Crippen molar-refractivity contribution in [3.05, 3.63) is 12.4 Å². The van der Waals surface area contributed by atoms with E-state index in [2.05, 4.69) is 32.5 Å². The molecule has 0 spiro atoms. The lowest BCUT2D eigenvalue weighted by atomic mass is 9.97. The first kappa shape index (κ1) is 13.2. The lowest BCUT2D eigenvalue weighted by molar-refractivity contribution is 0.380. The van der Waals surface area contributed by atoms with Crippen LogP contribution >= 0.6 is 11.8 Å². The van der Waals surface area contributed by atoms with E-state index in [1.165, 1.54) is 32.2 Å². The van der Waals surface area contributed by atoms with E-state index in [1.54, 1.807) is 18.1 Å². The number of nitrogens with one attached hydrogen (secondary N) is 1. The maximum absolute atomic E-state index is 4.41. The minimum Gasteiger partial charge on any atom is -0.356 e. The molecular weight excluding hydrogens is 256 g/mol. The molecule has 0 unspecified atom stereocenters. The Kier molecular flexibility index (Phi) is 4.23. The second-order valence-corrected chi connectivity index (χ2v) is 6.36. The molecule has 1 N–H and O–H groups in total. The van der Waals surface area contributed by atoms with Gasteiger partial charge >= 0.3 is 0 Å². The third-order valence-corrected chi connectivity index (χ3v) is 4.69. The summed E-state index contributed by atoms with van der Waals surface area (Å²) >= 11 is 1.68. The van der Waals surface area contributed by atoms with Crippen LogP contribution in [0, 0.1) is 5.92 Å². The molecule has 0 bridgehead atoms. The zero-order chi connectivity index (χ0) is 13.1. The van der Waals surface area contributed by atoms with Gasteiger partial charge in [0, 0.05) is 25.2 Å². The summed E-state index contributed by atoms with van der Waals surface area (Å²) in [5.74, 6) is 1.94. The van der Waals surface area contributed by atoms with Crippen LogP contribution in [0.15, 0.2) is 17.4 Å². The predicted molar refractivity (Wildman–Crippen MR) is 79.8 cm³/mol. The van der Waals surface area contributed by atoms with E-state index in [1.807, 2.05) is 0 Å². The van der Waals surface area contributed by atoms with Crippen molar-refractivity contribution in [1.29, 1.82) is 0 Å². The summed E-state index contributed by atoms with van der Waals surface area (Å²) in [6, 6.07) is 2.94. The van der Waals surface area contributed by atoms with Gasteiger partial charge in [0.05, 0.1) is 0 Å². The summed E-state index contributed by atoms with van der Waals surface area (Å²) in [6.07, 6.45) is 9.06. The molecule has 5 heteroatoms. The number of thioether (sulfide) groups is 1. The van der Waals surface area contributed by atoms with Crippen molar-refractivity contribution in [3.63, 3.8) is 0 Å². The van der Waals surface area contributed by atoms with Crippen LogP contribution in [0.25, 0.3) is 0 Å². The van der Waals surface area contributed by atoms with E-state index < -0.39 is 0 Å². The number of hydrogen-bond donors (Lipinski definition) is 1. The zero-order valence-corrected chi connectivity index (χ0v) is 12.3. The molecular formula is C14H22N4S. The summed E-state index contributed by atoms with van der Waals surface area (Å²) in [5.41, 5.74) is 0. The number of rotatable bonds is 5. The summed E-state index contributed by atoms with van der Waals surface area (Å²) in [6.45, 7) is 3.46. The van der Waals surface area contributed by atoms with Gasteiger partial charge in [-0.05, 0) is 44.4 Å². The van der Waals surface area contributed by atoms with E-state index in [0.29, 0.717) is 0 Å². The SMILES string of the molecule is CSc1cc(N2CCC(CNC3CC3)CC2)ncn1. The number of hydrogen-bond acceptors (Lipinski definition) is 5. The molecule has 104 valence electrons. The van der Waals surface area contributed by atoms with Gasteiger partial charge in [0.15, 0.2) is 0 Å². The minimum atomic E-state index is 0.837. The Balaban J connectivity index is 1.50. The Morgan fingerprint density at radius 3 is 2.74 bits per heavy atom.